The third-order valence-electron chi connectivity index (χ3n) is 3.76. The van der Waals surface area contributed by atoms with Gasteiger partial charge in [0.25, 0.3) is 0 Å². The lowest BCUT2D eigenvalue weighted by atomic mass is 10.1. The standard InChI is InChI=1S/C17H15ClO4S/c1-21-14-6-5-10(7-12(14)18)13(19)9-22-17(20)16-8-11-3-2-4-15(11)23-16/h5-8H,2-4,9H2,1H3. The molecular weight excluding hydrogens is 336 g/mol. The number of ketones is 1. The molecule has 0 unspecified atom stereocenters. The molecule has 0 amide bonds. The van der Waals surface area contributed by atoms with Crippen molar-refractivity contribution in [1.29, 1.82) is 0 Å². The predicted octanol–water partition coefficient (Wildman–Crippen LogP) is 3.94. The van der Waals surface area contributed by atoms with Crippen LogP contribution in [0.2, 0.25) is 5.02 Å². The summed E-state index contributed by atoms with van der Waals surface area (Å²) >= 11 is 7.45. The van der Waals surface area contributed by atoms with Crippen molar-refractivity contribution in [3.05, 3.63) is 50.2 Å². The number of carbonyl (C=O) groups is 2. The quantitative estimate of drug-likeness (QED) is 0.605. The van der Waals surface area contributed by atoms with Crippen molar-refractivity contribution in [3.8, 4) is 5.75 Å². The average molecular weight is 351 g/mol. The van der Waals surface area contributed by atoms with Crippen molar-refractivity contribution >= 4 is 34.7 Å². The molecule has 0 spiro atoms. The fraction of sp³-hybridized carbons (Fsp3) is 0.294. The summed E-state index contributed by atoms with van der Waals surface area (Å²) in [6, 6.07) is 6.60. The Bertz CT molecular complexity index is 744. The van der Waals surface area contributed by atoms with Crippen LogP contribution in [0.1, 0.15) is 36.9 Å². The Hall–Kier alpha value is -1.85. The summed E-state index contributed by atoms with van der Waals surface area (Å²) in [6.07, 6.45) is 3.19. The Morgan fingerprint density at radius 3 is 2.78 bits per heavy atom. The normalized spacial score (nSPS) is 12.8. The number of Topliss-reactive ketones (excluding diaryl/α,β-unsaturated/α-hetero) is 1. The molecule has 0 bridgehead atoms. The Morgan fingerprint density at radius 1 is 1.26 bits per heavy atom. The summed E-state index contributed by atoms with van der Waals surface area (Å²) in [4.78, 5) is 26.0. The second kappa shape index (κ2) is 6.72. The lowest BCUT2D eigenvalue weighted by Crippen LogP contribution is -2.13. The van der Waals surface area contributed by atoms with Gasteiger partial charge in [0, 0.05) is 10.4 Å². The van der Waals surface area contributed by atoms with Gasteiger partial charge in [0.05, 0.1) is 12.1 Å². The summed E-state index contributed by atoms with van der Waals surface area (Å²) < 4.78 is 10.2. The summed E-state index contributed by atoms with van der Waals surface area (Å²) in [6.45, 7) is -0.302. The van der Waals surface area contributed by atoms with Crippen molar-refractivity contribution in [2.45, 2.75) is 19.3 Å². The van der Waals surface area contributed by atoms with E-state index in [1.54, 1.807) is 12.1 Å². The molecule has 0 aliphatic heterocycles. The van der Waals surface area contributed by atoms with Crippen LogP contribution in [0.4, 0.5) is 0 Å². The third-order valence-corrected chi connectivity index (χ3v) is 5.27. The van der Waals surface area contributed by atoms with Gasteiger partial charge in [0.15, 0.2) is 12.4 Å². The first kappa shape index (κ1) is 16.0. The molecule has 1 aromatic carbocycles. The summed E-state index contributed by atoms with van der Waals surface area (Å²) in [7, 11) is 1.50. The van der Waals surface area contributed by atoms with Gasteiger partial charge in [0.1, 0.15) is 10.6 Å². The molecule has 0 fully saturated rings. The molecule has 3 rings (SSSR count). The van der Waals surface area contributed by atoms with Crippen LogP contribution in [-0.2, 0) is 17.6 Å². The van der Waals surface area contributed by atoms with Crippen LogP contribution in [0.25, 0.3) is 0 Å². The topological polar surface area (TPSA) is 52.6 Å². The zero-order valence-electron chi connectivity index (χ0n) is 12.6. The SMILES string of the molecule is COc1ccc(C(=O)COC(=O)c2cc3c(s2)CCC3)cc1Cl. The minimum atomic E-state index is -0.447. The predicted molar refractivity (Wildman–Crippen MR) is 89.0 cm³/mol. The van der Waals surface area contributed by atoms with Gasteiger partial charge < -0.3 is 9.47 Å². The Kier molecular flexibility index (Phi) is 4.68. The van der Waals surface area contributed by atoms with Crippen LogP contribution in [-0.4, -0.2) is 25.5 Å². The van der Waals surface area contributed by atoms with E-state index in [1.807, 2.05) is 6.07 Å². The van der Waals surface area contributed by atoms with Crippen molar-refractivity contribution < 1.29 is 19.1 Å². The highest BCUT2D eigenvalue weighted by molar-refractivity contribution is 7.14. The number of hydrogen-bond acceptors (Lipinski definition) is 5. The summed E-state index contributed by atoms with van der Waals surface area (Å²) in [5.41, 5.74) is 1.62. The number of esters is 1. The van der Waals surface area contributed by atoms with Crippen LogP contribution in [0.5, 0.6) is 5.75 Å². The minimum Gasteiger partial charge on any atom is -0.495 e. The molecule has 23 heavy (non-hydrogen) atoms. The van der Waals surface area contributed by atoms with E-state index >= 15 is 0 Å². The molecule has 0 saturated heterocycles. The van der Waals surface area contributed by atoms with Crippen LogP contribution >= 0.6 is 22.9 Å². The Labute approximate surface area is 143 Å². The minimum absolute atomic E-state index is 0.299. The van der Waals surface area contributed by atoms with E-state index in [-0.39, 0.29) is 12.4 Å². The lowest BCUT2D eigenvalue weighted by Gasteiger charge is -2.06. The van der Waals surface area contributed by atoms with Crippen LogP contribution in [0.15, 0.2) is 24.3 Å². The number of halogens is 1. The molecule has 1 aliphatic carbocycles. The van der Waals surface area contributed by atoms with E-state index < -0.39 is 5.97 Å². The van der Waals surface area contributed by atoms with E-state index in [1.165, 1.54) is 35.0 Å². The average Bonchev–Trinajstić information content (AvgIpc) is 3.13. The Balaban J connectivity index is 1.62. The number of hydrogen-bond donors (Lipinski definition) is 0. The third kappa shape index (κ3) is 3.41. The molecule has 120 valence electrons. The zero-order valence-corrected chi connectivity index (χ0v) is 14.1. The smallest absolute Gasteiger partial charge is 0.348 e. The van der Waals surface area contributed by atoms with E-state index in [0.29, 0.717) is 21.2 Å². The van der Waals surface area contributed by atoms with Crippen molar-refractivity contribution in [3.63, 3.8) is 0 Å². The molecule has 1 heterocycles. The highest BCUT2D eigenvalue weighted by Crippen LogP contribution is 2.31. The molecule has 6 heteroatoms. The molecule has 2 aromatic rings. The van der Waals surface area contributed by atoms with E-state index in [9.17, 15) is 9.59 Å². The number of thiophene rings is 1. The number of methoxy groups -OCH3 is 1. The van der Waals surface area contributed by atoms with E-state index in [4.69, 9.17) is 21.1 Å². The first-order valence-electron chi connectivity index (χ1n) is 7.24. The molecule has 1 aromatic heterocycles. The maximum atomic E-state index is 12.1. The maximum Gasteiger partial charge on any atom is 0.348 e. The van der Waals surface area contributed by atoms with Crippen LogP contribution in [0, 0.1) is 0 Å². The number of rotatable bonds is 5. The van der Waals surface area contributed by atoms with Crippen molar-refractivity contribution in [2.75, 3.05) is 13.7 Å². The van der Waals surface area contributed by atoms with Gasteiger partial charge >= 0.3 is 5.97 Å². The number of benzene rings is 1. The number of ether oxygens (including phenoxy) is 2. The van der Waals surface area contributed by atoms with E-state index in [0.717, 1.165) is 19.3 Å². The van der Waals surface area contributed by atoms with Crippen LogP contribution in [0.3, 0.4) is 0 Å². The highest BCUT2D eigenvalue weighted by Gasteiger charge is 2.20. The molecular formula is C17H15ClO4S. The first-order chi connectivity index (χ1) is 11.1. The monoisotopic (exact) mass is 350 g/mol. The number of fused-ring (bicyclic) bond motifs is 1. The van der Waals surface area contributed by atoms with E-state index in [2.05, 4.69) is 0 Å². The van der Waals surface area contributed by atoms with Gasteiger partial charge in [-0.3, -0.25) is 4.79 Å². The van der Waals surface area contributed by atoms with Gasteiger partial charge in [-0.2, -0.15) is 0 Å². The fourth-order valence-corrected chi connectivity index (χ4v) is 3.96. The summed E-state index contributed by atoms with van der Waals surface area (Å²) in [5, 5.41) is 0.347. The van der Waals surface area contributed by atoms with Gasteiger partial charge in [-0.15, -0.1) is 11.3 Å². The number of aryl methyl sites for hydroxylation is 2. The molecule has 0 atom stereocenters. The lowest BCUT2D eigenvalue weighted by molar-refractivity contribution is 0.0479. The molecule has 4 nitrogen and oxygen atoms in total. The summed E-state index contributed by atoms with van der Waals surface area (Å²) in [5.74, 6) is -0.252. The van der Waals surface area contributed by atoms with Crippen LogP contribution < -0.4 is 4.74 Å². The molecule has 0 radical (unpaired) electrons. The Morgan fingerprint density at radius 2 is 2.09 bits per heavy atom. The van der Waals surface area contributed by atoms with Crippen molar-refractivity contribution in [1.82, 2.24) is 0 Å². The molecule has 0 N–H and O–H groups in total. The van der Waals surface area contributed by atoms with Gasteiger partial charge in [0.2, 0.25) is 0 Å². The second-order valence-electron chi connectivity index (χ2n) is 5.26. The highest BCUT2D eigenvalue weighted by atomic mass is 35.5. The molecule has 0 saturated carbocycles. The first-order valence-corrected chi connectivity index (χ1v) is 8.43. The maximum absolute atomic E-state index is 12.1. The van der Waals surface area contributed by atoms with Gasteiger partial charge in [-0.05, 0) is 49.1 Å². The van der Waals surface area contributed by atoms with Gasteiger partial charge in [-0.25, -0.2) is 4.79 Å². The second-order valence-corrected chi connectivity index (χ2v) is 6.81. The fourth-order valence-electron chi connectivity index (χ4n) is 2.56. The molecule has 1 aliphatic rings. The van der Waals surface area contributed by atoms with Crippen molar-refractivity contribution in [2.24, 2.45) is 0 Å². The van der Waals surface area contributed by atoms with Gasteiger partial charge in [-0.1, -0.05) is 11.6 Å². The zero-order chi connectivity index (χ0) is 16.4. The number of carbonyl (C=O) groups excluding carboxylic acids is 2. The largest absolute Gasteiger partial charge is 0.495 e.